The highest BCUT2D eigenvalue weighted by Crippen LogP contribution is 2.21. The summed E-state index contributed by atoms with van der Waals surface area (Å²) in [5.74, 6) is 0.424. The van der Waals surface area contributed by atoms with Gasteiger partial charge in [-0.2, -0.15) is 9.88 Å². The molecule has 8 nitrogen and oxygen atoms in total. The first-order chi connectivity index (χ1) is 9.11. The molecule has 0 aliphatic rings. The lowest BCUT2D eigenvalue weighted by Crippen LogP contribution is -2.06. The van der Waals surface area contributed by atoms with Crippen LogP contribution >= 0.6 is 30.6 Å². The predicted molar refractivity (Wildman–Crippen MR) is 75.2 cm³/mol. The SMILES string of the molecule is COc1nc(I)nc2c1ncn2CCOC[P+](=O)O. The fourth-order valence-corrected chi connectivity index (χ4v) is 2.24. The minimum absolute atomic E-state index is 0.169. The van der Waals surface area contributed by atoms with Gasteiger partial charge in [0.1, 0.15) is 0 Å². The molecule has 0 spiro atoms. The van der Waals surface area contributed by atoms with Gasteiger partial charge in [0.25, 0.3) is 6.35 Å². The van der Waals surface area contributed by atoms with Crippen molar-refractivity contribution in [1.29, 1.82) is 0 Å². The number of methoxy groups -OCH3 is 1. The van der Waals surface area contributed by atoms with Crippen LogP contribution in [0.25, 0.3) is 11.2 Å². The molecule has 0 aliphatic carbocycles. The van der Waals surface area contributed by atoms with Crippen molar-refractivity contribution < 1.29 is 18.9 Å². The van der Waals surface area contributed by atoms with Crippen LogP contribution in [0, 0.1) is 3.83 Å². The van der Waals surface area contributed by atoms with E-state index in [1.54, 1.807) is 10.9 Å². The summed E-state index contributed by atoms with van der Waals surface area (Å²) in [5.41, 5.74) is 1.23. The normalized spacial score (nSPS) is 11.8. The molecular formula is C9H11IN4O4P+. The average Bonchev–Trinajstić information content (AvgIpc) is 2.76. The van der Waals surface area contributed by atoms with Crippen molar-refractivity contribution in [2.75, 3.05) is 20.1 Å². The molecule has 0 fully saturated rings. The number of imidazole rings is 1. The van der Waals surface area contributed by atoms with Gasteiger partial charge in [0.2, 0.25) is 5.88 Å². The van der Waals surface area contributed by atoms with Gasteiger partial charge in [0.05, 0.1) is 20.0 Å². The Morgan fingerprint density at radius 1 is 1.53 bits per heavy atom. The molecule has 19 heavy (non-hydrogen) atoms. The van der Waals surface area contributed by atoms with E-state index in [-0.39, 0.29) is 6.35 Å². The highest BCUT2D eigenvalue weighted by atomic mass is 127. The maximum atomic E-state index is 10.5. The molecule has 2 aromatic rings. The number of aromatic nitrogens is 4. The highest BCUT2D eigenvalue weighted by Gasteiger charge is 2.13. The lowest BCUT2D eigenvalue weighted by atomic mass is 10.5. The van der Waals surface area contributed by atoms with Gasteiger partial charge in [-0.05, 0) is 4.57 Å². The molecule has 2 aromatic heterocycles. The van der Waals surface area contributed by atoms with Crippen LogP contribution in [0.2, 0.25) is 0 Å². The van der Waals surface area contributed by atoms with Gasteiger partial charge in [0.15, 0.2) is 15.0 Å². The average molecular weight is 397 g/mol. The molecule has 1 unspecified atom stereocenters. The van der Waals surface area contributed by atoms with Gasteiger partial charge in [-0.25, -0.2) is 9.97 Å². The number of nitrogens with zero attached hydrogens (tertiary/aromatic N) is 4. The lowest BCUT2D eigenvalue weighted by molar-refractivity contribution is 0.163. The van der Waals surface area contributed by atoms with Crippen LogP contribution in [0.5, 0.6) is 5.88 Å². The molecule has 0 aromatic carbocycles. The van der Waals surface area contributed by atoms with E-state index in [1.165, 1.54) is 7.11 Å². The Labute approximate surface area is 123 Å². The third-order valence-electron chi connectivity index (χ3n) is 2.28. The first-order valence-corrected chi connectivity index (χ1v) is 7.73. The van der Waals surface area contributed by atoms with Crippen molar-refractivity contribution in [3.63, 3.8) is 0 Å². The summed E-state index contributed by atoms with van der Waals surface area (Å²) in [6.07, 6.45) is 1.44. The van der Waals surface area contributed by atoms with Crippen LogP contribution < -0.4 is 4.74 Å². The summed E-state index contributed by atoms with van der Waals surface area (Å²) in [5, 5.41) is 0. The molecular weight excluding hydrogens is 386 g/mol. The number of halogens is 1. The monoisotopic (exact) mass is 397 g/mol. The molecule has 0 radical (unpaired) electrons. The third-order valence-corrected chi connectivity index (χ3v) is 3.16. The van der Waals surface area contributed by atoms with Gasteiger partial charge in [0, 0.05) is 29.1 Å². The molecule has 2 rings (SSSR count). The number of hydrogen-bond donors (Lipinski definition) is 1. The maximum Gasteiger partial charge on any atom is 0.534 e. The molecule has 1 N–H and O–H groups in total. The smallest absolute Gasteiger partial charge is 0.479 e. The van der Waals surface area contributed by atoms with E-state index in [1.807, 2.05) is 22.6 Å². The Morgan fingerprint density at radius 2 is 2.32 bits per heavy atom. The van der Waals surface area contributed by atoms with E-state index in [4.69, 9.17) is 14.4 Å². The van der Waals surface area contributed by atoms with Crippen LogP contribution in [0.1, 0.15) is 0 Å². The third kappa shape index (κ3) is 3.56. The maximum absolute atomic E-state index is 10.5. The standard InChI is InChI=1S/C9H10IN4O4P/c1-17-8-6-7(12-9(10)13-8)14(4-11-6)2-3-18-5-19(15)16/h4H,2-3,5H2,1H3/p+1. The zero-order chi connectivity index (χ0) is 13.8. The van der Waals surface area contributed by atoms with Crippen molar-refractivity contribution in [3.8, 4) is 5.88 Å². The predicted octanol–water partition coefficient (Wildman–Crippen LogP) is 1.15. The molecule has 0 bridgehead atoms. The Balaban J connectivity index is 2.15. The molecule has 0 saturated carbocycles. The van der Waals surface area contributed by atoms with E-state index in [0.29, 0.717) is 34.0 Å². The molecule has 2 heterocycles. The Morgan fingerprint density at radius 3 is 3.00 bits per heavy atom. The van der Waals surface area contributed by atoms with Crippen molar-refractivity contribution in [3.05, 3.63) is 10.2 Å². The van der Waals surface area contributed by atoms with Crippen LogP contribution in [-0.4, -0.2) is 44.5 Å². The second-order valence-electron chi connectivity index (χ2n) is 3.50. The van der Waals surface area contributed by atoms with E-state index in [2.05, 4.69) is 15.0 Å². The summed E-state index contributed by atoms with van der Waals surface area (Å²) in [4.78, 5) is 21.2. The van der Waals surface area contributed by atoms with E-state index in [9.17, 15) is 4.57 Å². The molecule has 0 aliphatic heterocycles. The fourth-order valence-electron chi connectivity index (χ4n) is 1.50. The molecule has 102 valence electrons. The Kier molecular flexibility index (Phi) is 4.97. The van der Waals surface area contributed by atoms with E-state index >= 15 is 0 Å². The van der Waals surface area contributed by atoms with Crippen molar-refractivity contribution in [1.82, 2.24) is 19.5 Å². The number of fused-ring (bicyclic) bond motifs is 1. The zero-order valence-electron chi connectivity index (χ0n) is 9.98. The summed E-state index contributed by atoms with van der Waals surface area (Å²) in [7, 11) is -0.735. The fraction of sp³-hybridized carbons (Fsp3) is 0.444. The van der Waals surface area contributed by atoms with Crippen molar-refractivity contribution in [2.24, 2.45) is 0 Å². The van der Waals surface area contributed by atoms with Crippen molar-refractivity contribution in [2.45, 2.75) is 6.54 Å². The quantitative estimate of drug-likeness (QED) is 0.338. The van der Waals surface area contributed by atoms with Gasteiger partial charge in [-0.1, -0.05) is 0 Å². The minimum Gasteiger partial charge on any atom is -0.479 e. The van der Waals surface area contributed by atoms with Gasteiger partial charge in [-0.3, -0.25) is 0 Å². The van der Waals surface area contributed by atoms with Crippen LogP contribution in [-0.2, 0) is 15.8 Å². The van der Waals surface area contributed by atoms with Gasteiger partial charge in [-0.15, -0.1) is 0 Å². The molecule has 1 atom stereocenters. The molecule has 0 amide bonds. The second kappa shape index (κ2) is 6.51. The van der Waals surface area contributed by atoms with Gasteiger partial charge < -0.3 is 14.0 Å². The summed E-state index contributed by atoms with van der Waals surface area (Å²) in [6.45, 7) is 0.784. The van der Waals surface area contributed by atoms with E-state index in [0.717, 1.165) is 0 Å². The van der Waals surface area contributed by atoms with Crippen LogP contribution in [0.4, 0.5) is 0 Å². The summed E-state index contributed by atoms with van der Waals surface area (Å²) in [6, 6.07) is 0. The number of ether oxygens (including phenoxy) is 2. The highest BCUT2D eigenvalue weighted by molar-refractivity contribution is 14.1. The summed E-state index contributed by atoms with van der Waals surface area (Å²) >= 11 is 2.00. The first-order valence-electron chi connectivity index (χ1n) is 5.25. The van der Waals surface area contributed by atoms with Crippen molar-refractivity contribution >= 4 is 41.8 Å². The number of rotatable bonds is 6. The van der Waals surface area contributed by atoms with Crippen LogP contribution in [0.15, 0.2) is 6.33 Å². The molecule has 0 saturated heterocycles. The lowest BCUT2D eigenvalue weighted by Gasteiger charge is -2.04. The van der Waals surface area contributed by atoms with E-state index < -0.39 is 8.03 Å². The largest absolute Gasteiger partial charge is 0.534 e. The molecule has 10 heteroatoms. The van der Waals surface area contributed by atoms with Gasteiger partial charge >= 0.3 is 8.03 Å². The minimum atomic E-state index is -2.26. The van der Waals surface area contributed by atoms with Crippen LogP contribution in [0.3, 0.4) is 0 Å². The Bertz CT molecular complexity index is 605. The number of hydrogen-bond acceptors (Lipinski definition) is 6. The zero-order valence-corrected chi connectivity index (χ0v) is 13.0. The topological polar surface area (TPSA) is 99.4 Å². The first kappa shape index (κ1) is 14.5. The summed E-state index contributed by atoms with van der Waals surface area (Å²) < 4.78 is 23.0. The Hall–Kier alpha value is -0.900. The second-order valence-corrected chi connectivity index (χ2v) is 5.43.